The Hall–Kier alpha value is -3.53. The summed E-state index contributed by atoms with van der Waals surface area (Å²) in [4.78, 5) is 20.7. The van der Waals surface area contributed by atoms with Crippen LogP contribution in [0.25, 0.3) is 5.69 Å². The molecule has 0 atom stereocenters. The molecule has 1 heterocycles. The summed E-state index contributed by atoms with van der Waals surface area (Å²) in [6, 6.07) is 13.1. The van der Waals surface area contributed by atoms with Crippen molar-refractivity contribution in [3.63, 3.8) is 0 Å². The van der Waals surface area contributed by atoms with Crippen LogP contribution in [0.3, 0.4) is 0 Å². The maximum absolute atomic E-state index is 11.2. The lowest BCUT2D eigenvalue weighted by molar-refractivity contribution is -0.393. The molecular weight excluding hydrogens is 442 g/mol. The lowest BCUT2D eigenvalue weighted by Gasteiger charge is -2.11. The fourth-order valence-electron chi connectivity index (χ4n) is 2.97. The number of nitrogens with one attached hydrogen (secondary N) is 1. The molecule has 0 fully saturated rings. The van der Waals surface area contributed by atoms with Crippen molar-refractivity contribution >= 4 is 39.2 Å². The Labute approximate surface area is 174 Å². The monoisotopic (exact) mass is 457 g/mol. The first-order valence-electron chi connectivity index (χ1n) is 8.45. The van der Waals surface area contributed by atoms with E-state index in [1.165, 1.54) is 12.1 Å². The minimum atomic E-state index is -0.691. The molecule has 0 amide bonds. The second-order valence-corrected chi connectivity index (χ2v) is 7.05. The van der Waals surface area contributed by atoms with Crippen LogP contribution in [-0.2, 0) is 0 Å². The number of nitro groups is 2. The summed E-state index contributed by atoms with van der Waals surface area (Å²) >= 11 is 3.55. The first-order valence-corrected chi connectivity index (χ1v) is 9.24. The zero-order chi connectivity index (χ0) is 21.1. The van der Waals surface area contributed by atoms with Crippen molar-refractivity contribution < 1.29 is 9.85 Å². The fourth-order valence-corrected chi connectivity index (χ4v) is 3.43. The molecule has 3 aromatic rings. The van der Waals surface area contributed by atoms with E-state index in [2.05, 4.69) is 31.0 Å². The van der Waals surface area contributed by atoms with Gasteiger partial charge in [0.05, 0.1) is 27.8 Å². The third-order valence-corrected chi connectivity index (χ3v) is 5.01. The normalized spacial score (nSPS) is 11.0. The van der Waals surface area contributed by atoms with Crippen LogP contribution in [0.4, 0.5) is 17.1 Å². The van der Waals surface area contributed by atoms with Crippen molar-refractivity contribution in [2.75, 3.05) is 5.43 Å². The summed E-state index contributed by atoms with van der Waals surface area (Å²) in [7, 11) is 0. The highest BCUT2D eigenvalue weighted by molar-refractivity contribution is 9.10. The van der Waals surface area contributed by atoms with E-state index < -0.39 is 15.5 Å². The summed E-state index contributed by atoms with van der Waals surface area (Å²) < 4.78 is 3.02. The molecule has 2 aromatic carbocycles. The van der Waals surface area contributed by atoms with E-state index in [0.29, 0.717) is 0 Å². The maximum Gasteiger partial charge on any atom is 0.301 e. The Morgan fingerprint density at radius 1 is 1.07 bits per heavy atom. The molecular formula is C19H16BrN5O4. The summed E-state index contributed by atoms with van der Waals surface area (Å²) in [5, 5.41) is 26.1. The molecule has 3 rings (SSSR count). The van der Waals surface area contributed by atoms with Gasteiger partial charge in [0.15, 0.2) is 0 Å². The quantitative estimate of drug-likeness (QED) is 0.313. The van der Waals surface area contributed by atoms with Crippen molar-refractivity contribution in [2.24, 2.45) is 5.10 Å². The SMILES string of the molecule is Cc1cc(/C=N\Nc2ccc([N+](=O)[O-])cc2[N+](=O)[O-])c(C)n1-c1ccccc1Br. The van der Waals surface area contributed by atoms with Gasteiger partial charge in [0.25, 0.3) is 5.69 Å². The van der Waals surface area contributed by atoms with E-state index in [-0.39, 0.29) is 11.4 Å². The zero-order valence-electron chi connectivity index (χ0n) is 15.5. The zero-order valence-corrected chi connectivity index (χ0v) is 17.1. The number of halogens is 1. The molecule has 29 heavy (non-hydrogen) atoms. The number of para-hydroxylation sites is 1. The van der Waals surface area contributed by atoms with Crippen LogP contribution in [0.2, 0.25) is 0 Å². The summed E-state index contributed by atoms with van der Waals surface area (Å²) in [6.07, 6.45) is 1.56. The number of rotatable bonds is 6. The molecule has 0 saturated heterocycles. The average molecular weight is 458 g/mol. The highest BCUT2D eigenvalue weighted by Gasteiger charge is 2.19. The predicted molar refractivity (Wildman–Crippen MR) is 114 cm³/mol. The molecule has 9 nitrogen and oxygen atoms in total. The molecule has 10 heteroatoms. The lowest BCUT2D eigenvalue weighted by atomic mass is 10.2. The number of nitrogens with zero attached hydrogens (tertiary/aromatic N) is 4. The molecule has 0 radical (unpaired) electrons. The van der Waals surface area contributed by atoms with E-state index in [4.69, 9.17) is 0 Å². The van der Waals surface area contributed by atoms with Crippen LogP contribution in [0.1, 0.15) is 17.0 Å². The average Bonchev–Trinajstić information content (AvgIpc) is 2.95. The molecule has 0 bridgehead atoms. The number of aromatic nitrogens is 1. The predicted octanol–water partition coefficient (Wildman–Crippen LogP) is 5.12. The van der Waals surface area contributed by atoms with Gasteiger partial charge in [-0.3, -0.25) is 25.7 Å². The first kappa shape index (κ1) is 20.2. The number of benzene rings is 2. The fraction of sp³-hybridized carbons (Fsp3) is 0.105. The van der Waals surface area contributed by atoms with Crippen LogP contribution in [0.5, 0.6) is 0 Å². The molecule has 0 aliphatic rings. The molecule has 0 aliphatic carbocycles. The highest BCUT2D eigenvalue weighted by Crippen LogP contribution is 2.29. The van der Waals surface area contributed by atoms with Gasteiger partial charge in [-0.15, -0.1) is 0 Å². The number of hydrazone groups is 1. The number of nitro benzene ring substituents is 2. The maximum atomic E-state index is 11.2. The number of anilines is 1. The van der Waals surface area contributed by atoms with Crippen molar-refractivity contribution in [3.05, 3.63) is 90.2 Å². The van der Waals surface area contributed by atoms with E-state index >= 15 is 0 Å². The van der Waals surface area contributed by atoms with Gasteiger partial charge in [-0.2, -0.15) is 5.10 Å². The van der Waals surface area contributed by atoms with Gasteiger partial charge in [-0.25, -0.2) is 0 Å². The molecule has 0 aliphatic heterocycles. The number of hydrogen-bond donors (Lipinski definition) is 1. The van der Waals surface area contributed by atoms with Gasteiger partial charge in [-0.1, -0.05) is 12.1 Å². The second-order valence-electron chi connectivity index (χ2n) is 6.20. The van der Waals surface area contributed by atoms with Crippen molar-refractivity contribution in [2.45, 2.75) is 13.8 Å². The molecule has 148 valence electrons. The molecule has 0 saturated carbocycles. The van der Waals surface area contributed by atoms with Crippen molar-refractivity contribution in [1.29, 1.82) is 0 Å². The van der Waals surface area contributed by atoms with Gasteiger partial charge < -0.3 is 4.57 Å². The van der Waals surface area contributed by atoms with Gasteiger partial charge in [0.2, 0.25) is 0 Å². The second kappa shape index (κ2) is 8.23. The van der Waals surface area contributed by atoms with E-state index in [1.807, 2.05) is 44.2 Å². The number of hydrogen-bond acceptors (Lipinski definition) is 6. The molecule has 0 spiro atoms. The Morgan fingerprint density at radius 2 is 1.79 bits per heavy atom. The van der Waals surface area contributed by atoms with Gasteiger partial charge in [0, 0.05) is 27.5 Å². The van der Waals surface area contributed by atoms with Crippen LogP contribution >= 0.6 is 15.9 Å². The van der Waals surface area contributed by atoms with Crippen LogP contribution in [0.15, 0.2) is 58.1 Å². The summed E-state index contributed by atoms with van der Waals surface area (Å²) in [6.45, 7) is 3.92. The number of non-ortho nitro benzene ring substituents is 1. The summed E-state index contributed by atoms with van der Waals surface area (Å²) in [5.41, 5.74) is 5.65. The van der Waals surface area contributed by atoms with Gasteiger partial charge >= 0.3 is 5.69 Å². The summed E-state index contributed by atoms with van der Waals surface area (Å²) in [5.74, 6) is 0. The molecule has 1 N–H and O–H groups in total. The third-order valence-electron chi connectivity index (χ3n) is 4.34. The largest absolute Gasteiger partial charge is 0.317 e. The van der Waals surface area contributed by atoms with Gasteiger partial charge in [0.1, 0.15) is 5.69 Å². The Morgan fingerprint density at radius 3 is 2.45 bits per heavy atom. The Balaban J connectivity index is 1.89. The van der Waals surface area contributed by atoms with Crippen molar-refractivity contribution in [3.8, 4) is 5.69 Å². The lowest BCUT2D eigenvalue weighted by Crippen LogP contribution is -2.01. The van der Waals surface area contributed by atoms with E-state index in [1.54, 1.807) is 6.21 Å². The first-order chi connectivity index (χ1) is 13.8. The minimum absolute atomic E-state index is 0.0662. The molecule has 0 unspecified atom stereocenters. The minimum Gasteiger partial charge on any atom is -0.317 e. The van der Waals surface area contributed by atoms with Gasteiger partial charge in [-0.05, 0) is 54.0 Å². The third kappa shape index (κ3) is 4.16. The molecule has 1 aromatic heterocycles. The van der Waals surface area contributed by atoms with E-state index in [9.17, 15) is 20.2 Å². The number of aryl methyl sites for hydroxylation is 1. The van der Waals surface area contributed by atoms with Crippen LogP contribution in [0, 0.1) is 34.1 Å². The highest BCUT2D eigenvalue weighted by atomic mass is 79.9. The standard InChI is InChI=1S/C19H16BrN5O4/c1-12-9-14(13(2)23(12)18-6-4-3-5-16(18)20)11-21-22-17-8-7-15(24(26)27)10-19(17)25(28)29/h3-11,22H,1-2H3/b21-11-. The van der Waals surface area contributed by atoms with E-state index in [0.717, 1.165) is 33.2 Å². The van der Waals surface area contributed by atoms with Crippen LogP contribution in [-0.4, -0.2) is 20.6 Å². The van der Waals surface area contributed by atoms with Crippen molar-refractivity contribution in [1.82, 2.24) is 4.57 Å². The van der Waals surface area contributed by atoms with Crippen LogP contribution < -0.4 is 5.43 Å². The smallest absolute Gasteiger partial charge is 0.301 e. The Kier molecular flexibility index (Phi) is 5.74. The Bertz CT molecular complexity index is 1140. The topological polar surface area (TPSA) is 116 Å².